The van der Waals surface area contributed by atoms with Gasteiger partial charge in [-0.1, -0.05) is 25.3 Å². The Kier molecular flexibility index (Phi) is 3.30. The van der Waals surface area contributed by atoms with E-state index in [1.807, 2.05) is 0 Å². The summed E-state index contributed by atoms with van der Waals surface area (Å²) >= 11 is 0. The van der Waals surface area contributed by atoms with E-state index >= 15 is 0 Å². The van der Waals surface area contributed by atoms with Crippen molar-refractivity contribution in [2.45, 2.75) is 44.7 Å². The first-order chi connectivity index (χ1) is 9.72. The topological polar surface area (TPSA) is 61.3 Å². The molecule has 0 N–H and O–H groups in total. The van der Waals surface area contributed by atoms with Gasteiger partial charge in [0, 0.05) is 18.4 Å². The highest BCUT2D eigenvalue weighted by atomic mass is 16.2. The minimum atomic E-state index is -0.298. The van der Waals surface area contributed by atoms with Crippen LogP contribution in [0.15, 0.2) is 34.6 Å². The second-order valence-corrected chi connectivity index (χ2v) is 5.25. The Balaban J connectivity index is 2.12. The molecule has 0 spiro atoms. The summed E-state index contributed by atoms with van der Waals surface area (Å²) in [7, 11) is 0. The third-order valence-electron chi connectivity index (χ3n) is 3.94. The Morgan fingerprint density at radius 3 is 2.70 bits per heavy atom. The predicted molar refractivity (Wildman–Crippen MR) is 76.0 cm³/mol. The van der Waals surface area contributed by atoms with Gasteiger partial charge in [0.05, 0.1) is 6.54 Å². The fraction of sp³-hybridized carbons (Fsp3) is 0.500. The zero-order chi connectivity index (χ0) is 14.1. The minimum absolute atomic E-state index is 0.181. The average Bonchev–Trinajstić information content (AvgIpc) is 2.79. The van der Waals surface area contributed by atoms with E-state index < -0.39 is 0 Å². The van der Waals surface area contributed by atoms with Crippen LogP contribution in [0.1, 0.15) is 38.1 Å². The van der Waals surface area contributed by atoms with Gasteiger partial charge in [-0.25, -0.2) is 13.9 Å². The molecular formula is C14H18N4O2. The second kappa shape index (κ2) is 5.11. The summed E-state index contributed by atoms with van der Waals surface area (Å²) in [6.45, 7) is 3.90. The Morgan fingerprint density at radius 2 is 2.00 bits per heavy atom. The summed E-state index contributed by atoms with van der Waals surface area (Å²) in [5, 5.41) is 4.12. The first kappa shape index (κ1) is 12.9. The van der Waals surface area contributed by atoms with E-state index in [2.05, 4.69) is 11.7 Å². The van der Waals surface area contributed by atoms with Crippen molar-refractivity contribution in [2.75, 3.05) is 0 Å². The van der Waals surface area contributed by atoms with Crippen molar-refractivity contribution in [3.8, 4) is 0 Å². The van der Waals surface area contributed by atoms with Gasteiger partial charge in [-0.05, 0) is 12.8 Å². The molecule has 0 saturated heterocycles. The summed E-state index contributed by atoms with van der Waals surface area (Å²) in [5.74, 6) is 0. The molecule has 1 fully saturated rings. The van der Waals surface area contributed by atoms with Crippen molar-refractivity contribution in [3.63, 3.8) is 0 Å². The van der Waals surface area contributed by atoms with Crippen molar-refractivity contribution in [1.82, 2.24) is 18.7 Å². The van der Waals surface area contributed by atoms with Gasteiger partial charge in [0.2, 0.25) is 5.65 Å². The summed E-state index contributed by atoms with van der Waals surface area (Å²) in [5.41, 5.74) is -0.281. The molecule has 1 aliphatic rings. The standard InChI is InChI=1S/C14H18N4O2/c1-2-8-18-14(20)17-10-9-16(13(19)12(17)15-18)11-6-4-3-5-7-11/h2,9-11H,1,3-8H2. The average molecular weight is 274 g/mol. The second-order valence-electron chi connectivity index (χ2n) is 5.25. The van der Waals surface area contributed by atoms with E-state index in [9.17, 15) is 9.59 Å². The van der Waals surface area contributed by atoms with Crippen LogP contribution in [-0.2, 0) is 6.54 Å². The molecule has 20 heavy (non-hydrogen) atoms. The van der Waals surface area contributed by atoms with Crippen molar-refractivity contribution in [2.24, 2.45) is 0 Å². The lowest BCUT2D eigenvalue weighted by atomic mass is 9.95. The number of hydrogen-bond donors (Lipinski definition) is 0. The van der Waals surface area contributed by atoms with E-state index in [-0.39, 0.29) is 22.9 Å². The number of allylic oxidation sites excluding steroid dienone is 1. The Morgan fingerprint density at radius 1 is 1.25 bits per heavy atom. The number of hydrogen-bond acceptors (Lipinski definition) is 3. The maximum absolute atomic E-state index is 12.5. The molecule has 106 valence electrons. The third kappa shape index (κ3) is 2.01. The summed E-state index contributed by atoms with van der Waals surface area (Å²) in [4.78, 5) is 24.5. The largest absolute Gasteiger partial charge is 0.350 e. The Hall–Kier alpha value is -2.11. The van der Waals surface area contributed by atoms with E-state index in [0.29, 0.717) is 6.54 Å². The highest BCUT2D eigenvalue weighted by molar-refractivity contribution is 5.33. The molecule has 0 atom stereocenters. The molecule has 3 rings (SSSR count). The summed E-state index contributed by atoms with van der Waals surface area (Å²) in [6.07, 6.45) is 10.5. The van der Waals surface area contributed by atoms with E-state index in [4.69, 9.17) is 0 Å². The Bertz CT molecular complexity index is 747. The molecule has 0 aromatic carbocycles. The van der Waals surface area contributed by atoms with Crippen molar-refractivity contribution < 1.29 is 0 Å². The van der Waals surface area contributed by atoms with Crippen LogP contribution in [0, 0.1) is 0 Å². The number of nitrogens with zero attached hydrogens (tertiary/aromatic N) is 4. The molecule has 1 aliphatic carbocycles. The number of rotatable bonds is 3. The summed E-state index contributed by atoms with van der Waals surface area (Å²) in [6, 6.07) is 0.237. The van der Waals surface area contributed by atoms with Crippen LogP contribution in [0.2, 0.25) is 0 Å². The van der Waals surface area contributed by atoms with Crippen LogP contribution in [0.4, 0.5) is 0 Å². The van der Waals surface area contributed by atoms with Gasteiger partial charge in [0.25, 0.3) is 5.56 Å². The summed E-state index contributed by atoms with van der Waals surface area (Å²) < 4.78 is 4.30. The van der Waals surface area contributed by atoms with Gasteiger partial charge >= 0.3 is 5.69 Å². The van der Waals surface area contributed by atoms with Crippen LogP contribution in [-0.4, -0.2) is 18.7 Å². The van der Waals surface area contributed by atoms with Gasteiger partial charge < -0.3 is 4.57 Å². The third-order valence-corrected chi connectivity index (χ3v) is 3.94. The van der Waals surface area contributed by atoms with E-state index in [0.717, 1.165) is 25.7 Å². The lowest BCUT2D eigenvalue weighted by molar-refractivity contribution is 0.346. The smallest absolute Gasteiger partial charge is 0.308 e. The minimum Gasteiger partial charge on any atom is -0.308 e. The molecule has 2 aromatic heterocycles. The molecule has 0 unspecified atom stereocenters. The van der Waals surface area contributed by atoms with Gasteiger partial charge in [-0.15, -0.1) is 11.7 Å². The van der Waals surface area contributed by atoms with Gasteiger partial charge in [-0.2, -0.15) is 0 Å². The maximum atomic E-state index is 12.5. The quantitative estimate of drug-likeness (QED) is 0.794. The lowest BCUT2D eigenvalue weighted by Gasteiger charge is -2.23. The fourth-order valence-electron chi connectivity index (χ4n) is 2.91. The highest BCUT2D eigenvalue weighted by Gasteiger charge is 2.19. The monoisotopic (exact) mass is 274 g/mol. The molecule has 2 aromatic rings. The van der Waals surface area contributed by atoms with Crippen molar-refractivity contribution >= 4 is 5.65 Å². The van der Waals surface area contributed by atoms with Crippen LogP contribution in [0.25, 0.3) is 5.65 Å². The normalized spacial score (nSPS) is 16.6. The van der Waals surface area contributed by atoms with Gasteiger partial charge in [0.15, 0.2) is 0 Å². The van der Waals surface area contributed by atoms with Gasteiger partial charge in [-0.3, -0.25) is 4.79 Å². The molecule has 2 heterocycles. The molecule has 6 nitrogen and oxygen atoms in total. The molecule has 0 aliphatic heterocycles. The lowest BCUT2D eigenvalue weighted by Crippen LogP contribution is -2.28. The first-order valence-electron chi connectivity index (χ1n) is 7.03. The van der Waals surface area contributed by atoms with Crippen molar-refractivity contribution in [3.05, 3.63) is 45.9 Å². The van der Waals surface area contributed by atoms with Crippen LogP contribution < -0.4 is 11.2 Å². The van der Waals surface area contributed by atoms with Crippen LogP contribution in [0.5, 0.6) is 0 Å². The van der Waals surface area contributed by atoms with E-state index in [1.54, 1.807) is 23.0 Å². The Labute approximate surface area is 116 Å². The maximum Gasteiger partial charge on any atom is 0.350 e. The zero-order valence-corrected chi connectivity index (χ0v) is 11.4. The molecule has 6 heteroatoms. The van der Waals surface area contributed by atoms with E-state index in [1.165, 1.54) is 15.5 Å². The molecule has 0 amide bonds. The predicted octanol–water partition coefficient (Wildman–Crippen LogP) is 1.35. The van der Waals surface area contributed by atoms with Crippen LogP contribution >= 0.6 is 0 Å². The van der Waals surface area contributed by atoms with Crippen molar-refractivity contribution in [1.29, 1.82) is 0 Å². The molecular weight excluding hydrogens is 256 g/mol. The van der Waals surface area contributed by atoms with Gasteiger partial charge in [0.1, 0.15) is 0 Å². The fourth-order valence-corrected chi connectivity index (χ4v) is 2.91. The molecule has 1 saturated carbocycles. The molecule has 0 bridgehead atoms. The van der Waals surface area contributed by atoms with Crippen LogP contribution in [0.3, 0.4) is 0 Å². The number of fused-ring (bicyclic) bond motifs is 1. The number of aromatic nitrogens is 4. The zero-order valence-electron chi connectivity index (χ0n) is 11.4. The highest BCUT2D eigenvalue weighted by Crippen LogP contribution is 2.26. The first-order valence-corrected chi connectivity index (χ1v) is 7.03. The SMILES string of the molecule is C=CCn1nc2c(=O)n(C3CCCCC3)ccn2c1=O. The molecule has 0 radical (unpaired) electrons.